The van der Waals surface area contributed by atoms with Gasteiger partial charge in [0, 0.05) is 21.4 Å². The number of benzene rings is 1. The van der Waals surface area contributed by atoms with Crippen molar-refractivity contribution in [3.8, 4) is 0 Å². The Hall–Kier alpha value is -1.10. The minimum Gasteiger partial charge on any atom is -0.157 e. The lowest BCUT2D eigenvalue weighted by Crippen LogP contribution is -1.87. The number of hydrogen-bond acceptors (Lipinski definition) is 4. The highest BCUT2D eigenvalue weighted by Gasteiger charge is 2.05. The molecule has 0 saturated carbocycles. The van der Waals surface area contributed by atoms with Crippen molar-refractivity contribution in [1.82, 2.24) is 10.2 Å². The van der Waals surface area contributed by atoms with Crippen LogP contribution in [0.1, 0.15) is 4.88 Å². The Bertz CT molecular complexity index is 676. The normalized spacial score (nSPS) is 10.9. The molecule has 0 fully saturated rings. The first-order valence-corrected chi connectivity index (χ1v) is 7.58. The van der Waals surface area contributed by atoms with Crippen LogP contribution in [0.3, 0.4) is 0 Å². The molecular formula is C13H9ClN2S2. The highest BCUT2D eigenvalue weighted by molar-refractivity contribution is 7.98. The maximum atomic E-state index is 5.92. The van der Waals surface area contributed by atoms with E-state index >= 15 is 0 Å². The number of thiophene rings is 1. The highest BCUT2D eigenvalue weighted by Crippen LogP contribution is 2.31. The van der Waals surface area contributed by atoms with E-state index in [2.05, 4.69) is 28.4 Å². The summed E-state index contributed by atoms with van der Waals surface area (Å²) in [5.74, 6) is 0.875. The molecule has 2 aromatic heterocycles. The van der Waals surface area contributed by atoms with Crippen LogP contribution < -0.4 is 0 Å². The third-order valence-corrected chi connectivity index (χ3v) is 4.96. The van der Waals surface area contributed by atoms with Gasteiger partial charge in [0.25, 0.3) is 0 Å². The summed E-state index contributed by atoms with van der Waals surface area (Å²) in [7, 11) is 0. The van der Waals surface area contributed by atoms with Crippen LogP contribution in [-0.4, -0.2) is 10.2 Å². The lowest BCUT2D eigenvalue weighted by atomic mass is 10.2. The van der Waals surface area contributed by atoms with Gasteiger partial charge in [-0.25, -0.2) is 0 Å². The van der Waals surface area contributed by atoms with Gasteiger partial charge in [-0.15, -0.1) is 16.4 Å². The monoisotopic (exact) mass is 292 g/mol. The van der Waals surface area contributed by atoms with Crippen LogP contribution in [0, 0.1) is 0 Å². The molecule has 0 saturated heterocycles. The van der Waals surface area contributed by atoms with E-state index in [1.54, 1.807) is 29.3 Å². The number of hydrogen-bond donors (Lipinski definition) is 0. The number of halogens is 1. The molecule has 18 heavy (non-hydrogen) atoms. The topological polar surface area (TPSA) is 25.8 Å². The minimum absolute atomic E-state index is 0.828. The van der Waals surface area contributed by atoms with E-state index in [0.29, 0.717) is 0 Å². The first-order chi connectivity index (χ1) is 8.83. The second kappa shape index (κ2) is 5.26. The Balaban J connectivity index is 1.86. The molecular weight excluding hydrogens is 284 g/mol. The first kappa shape index (κ1) is 12.0. The van der Waals surface area contributed by atoms with Crippen LogP contribution in [0.25, 0.3) is 10.8 Å². The lowest BCUT2D eigenvalue weighted by molar-refractivity contribution is 0.956. The van der Waals surface area contributed by atoms with Crippen LogP contribution >= 0.6 is 34.7 Å². The molecule has 0 radical (unpaired) electrons. The van der Waals surface area contributed by atoms with Crippen LogP contribution in [0.5, 0.6) is 0 Å². The zero-order chi connectivity index (χ0) is 12.4. The second-order valence-electron chi connectivity index (χ2n) is 3.73. The summed E-state index contributed by atoms with van der Waals surface area (Å²) < 4.78 is 0.828. The fourth-order valence-electron chi connectivity index (χ4n) is 1.68. The number of thioether (sulfide) groups is 1. The third-order valence-electron chi connectivity index (χ3n) is 2.52. The molecule has 5 heteroatoms. The summed E-state index contributed by atoms with van der Waals surface area (Å²) in [4.78, 5) is 1.25. The third kappa shape index (κ3) is 2.51. The number of rotatable bonds is 3. The molecule has 0 atom stereocenters. The fourth-order valence-corrected chi connectivity index (χ4v) is 3.79. The first-order valence-electron chi connectivity index (χ1n) is 5.40. The van der Waals surface area contributed by atoms with E-state index in [1.807, 2.05) is 18.2 Å². The van der Waals surface area contributed by atoms with E-state index in [4.69, 9.17) is 11.6 Å². The van der Waals surface area contributed by atoms with Crippen molar-refractivity contribution in [2.75, 3.05) is 0 Å². The molecule has 0 spiro atoms. The van der Waals surface area contributed by atoms with Gasteiger partial charge in [-0.3, -0.25) is 0 Å². The number of aromatic nitrogens is 2. The minimum atomic E-state index is 0.828. The average Bonchev–Trinajstić information content (AvgIpc) is 2.82. The molecule has 0 aliphatic rings. The summed E-state index contributed by atoms with van der Waals surface area (Å²) >= 11 is 9.22. The van der Waals surface area contributed by atoms with E-state index in [-0.39, 0.29) is 0 Å². The molecule has 90 valence electrons. The summed E-state index contributed by atoms with van der Waals surface area (Å²) in [6, 6.07) is 12.1. The SMILES string of the molecule is Clc1ccc(CSc2nncc3ccccc23)s1. The standard InChI is InChI=1S/C13H9ClN2S2/c14-12-6-5-10(18-12)8-17-13-11-4-2-1-3-9(11)7-15-16-13/h1-7H,8H2. The Morgan fingerprint density at radius 3 is 2.89 bits per heavy atom. The Morgan fingerprint density at radius 2 is 2.06 bits per heavy atom. The predicted octanol–water partition coefficient (Wildman–Crippen LogP) is 4.64. The zero-order valence-electron chi connectivity index (χ0n) is 9.34. The molecule has 1 aromatic carbocycles. The Labute approximate surface area is 118 Å². The van der Waals surface area contributed by atoms with Crippen molar-refractivity contribution >= 4 is 45.5 Å². The van der Waals surface area contributed by atoms with E-state index < -0.39 is 0 Å². The number of fused-ring (bicyclic) bond motifs is 1. The van der Waals surface area contributed by atoms with E-state index in [1.165, 1.54) is 4.88 Å². The molecule has 0 amide bonds. The largest absolute Gasteiger partial charge is 0.157 e. The Morgan fingerprint density at radius 1 is 1.17 bits per heavy atom. The Kier molecular flexibility index (Phi) is 3.50. The second-order valence-corrected chi connectivity index (χ2v) is 6.50. The highest BCUT2D eigenvalue weighted by atomic mass is 35.5. The average molecular weight is 293 g/mol. The van der Waals surface area contributed by atoms with Gasteiger partial charge < -0.3 is 0 Å². The summed E-state index contributed by atoms with van der Waals surface area (Å²) in [6.45, 7) is 0. The van der Waals surface area contributed by atoms with Crippen LogP contribution in [0.4, 0.5) is 0 Å². The molecule has 2 heterocycles. The van der Waals surface area contributed by atoms with Crippen molar-refractivity contribution in [3.05, 3.63) is 51.8 Å². The van der Waals surface area contributed by atoms with Gasteiger partial charge in [-0.2, -0.15) is 5.10 Å². The van der Waals surface area contributed by atoms with Gasteiger partial charge in [0.2, 0.25) is 0 Å². The summed E-state index contributed by atoms with van der Waals surface area (Å²) in [5.41, 5.74) is 0. The molecule has 0 unspecified atom stereocenters. The quantitative estimate of drug-likeness (QED) is 0.658. The molecule has 0 aliphatic carbocycles. The molecule has 2 nitrogen and oxygen atoms in total. The molecule has 0 N–H and O–H groups in total. The van der Waals surface area contributed by atoms with Gasteiger partial charge >= 0.3 is 0 Å². The lowest BCUT2D eigenvalue weighted by Gasteiger charge is -2.02. The van der Waals surface area contributed by atoms with Gasteiger partial charge in [-0.05, 0) is 12.1 Å². The van der Waals surface area contributed by atoms with E-state index in [0.717, 1.165) is 25.9 Å². The van der Waals surface area contributed by atoms with Gasteiger partial charge in [0.15, 0.2) is 0 Å². The van der Waals surface area contributed by atoms with E-state index in [9.17, 15) is 0 Å². The van der Waals surface area contributed by atoms with Crippen molar-refractivity contribution in [1.29, 1.82) is 0 Å². The molecule has 3 rings (SSSR count). The van der Waals surface area contributed by atoms with Crippen molar-refractivity contribution in [2.24, 2.45) is 0 Å². The van der Waals surface area contributed by atoms with Crippen LogP contribution in [-0.2, 0) is 5.75 Å². The zero-order valence-corrected chi connectivity index (χ0v) is 11.7. The molecule has 3 aromatic rings. The smallest absolute Gasteiger partial charge is 0.127 e. The van der Waals surface area contributed by atoms with Crippen molar-refractivity contribution in [2.45, 2.75) is 10.8 Å². The predicted molar refractivity (Wildman–Crippen MR) is 78.4 cm³/mol. The maximum absolute atomic E-state index is 5.92. The van der Waals surface area contributed by atoms with Gasteiger partial charge in [-0.1, -0.05) is 47.6 Å². The van der Waals surface area contributed by atoms with Crippen LogP contribution in [0.2, 0.25) is 4.34 Å². The fraction of sp³-hybridized carbons (Fsp3) is 0.0769. The number of nitrogens with zero attached hydrogens (tertiary/aromatic N) is 2. The van der Waals surface area contributed by atoms with Crippen molar-refractivity contribution < 1.29 is 0 Å². The van der Waals surface area contributed by atoms with Gasteiger partial charge in [0.05, 0.1) is 10.5 Å². The molecule has 0 aliphatic heterocycles. The van der Waals surface area contributed by atoms with Crippen LogP contribution in [0.15, 0.2) is 47.6 Å². The van der Waals surface area contributed by atoms with Crippen molar-refractivity contribution in [3.63, 3.8) is 0 Å². The molecule has 0 bridgehead atoms. The van der Waals surface area contributed by atoms with Gasteiger partial charge in [0.1, 0.15) is 5.03 Å². The summed E-state index contributed by atoms with van der Waals surface area (Å²) in [6.07, 6.45) is 1.79. The maximum Gasteiger partial charge on any atom is 0.127 e. The summed E-state index contributed by atoms with van der Waals surface area (Å²) in [5, 5.41) is 11.5.